The Morgan fingerprint density at radius 1 is 1.17 bits per heavy atom. The summed E-state index contributed by atoms with van der Waals surface area (Å²) in [7, 11) is 2.19. The van der Waals surface area contributed by atoms with Gasteiger partial charge in [-0.25, -0.2) is 0 Å². The highest BCUT2D eigenvalue weighted by Gasteiger charge is 2.07. The first-order chi connectivity index (χ1) is 8.76. The summed E-state index contributed by atoms with van der Waals surface area (Å²) >= 11 is 0. The average molecular weight is 244 g/mol. The first-order valence-corrected chi connectivity index (χ1v) is 7.01. The lowest BCUT2D eigenvalue weighted by molar-refractivity contribution is 0.358. The molecule has 0 saturated carbocycles. The van der Waals surface area contributed by atoms with Gasteiger partial charge in [-0.3, -0.25) is 0 Å². The molecule has 0 unspecified atom stereocenters. The number of hydrogen-bond donors (Lipinski definition) is 0. The number of para-hydroxylation sites is 1. The zero-order valence-corrected chi connectivity index (χ0v) is 11.8. The summed E-state index contributed by atoms with van der Waals surface area (Å²) in [6, 6.07) is 8.77. The number of rotatable bonds is 6. The van der Waals surface area contributed by atoms with Crippen LogP contribution in [0.2, 0.25) is 0 Å². The zero-order chi connectivity index (χ0) is 13.0. The Morgan fingerprint density at radius 3 is 2.67 bits per heavy atom. The first-order valence-electron chi connectivity index (χ1n) is 7.01. The maximum atomic E-state index is 2.40. The van der Waals surface area contributed by atoms with Crippen molar-refractivity contribution in [3.63, 3.8) is 0 Å². The maximum absolute atomic E-state index is 2.40. The molecule has 0 amide bonds. The molecule has 0 atom stereocenters. The molecule has 0 aliphatic heterocycles. The summed E-state index contributed by atoms with van der Waals surface area (Å²) < 4.78 is 2.40. The Hall–Kier alpha value is -1.28. The molecule has 2 heteroatoms. The van der Waals surface area contributed by atoms with Crippen molar-refractivity contribution in [1.82, 2.24) is 9.47 Å². The van der Waals surface area contributed by atoms with Gasteiger partial charge in [0.15, 0.2) is 0 Å². The van der Waals surface area contributed by atoms with Crippen LogP contribution in [0.25, 0.3) is 10.9 Å². The molecule has 1 aromatic heterocycles. The molecular weight excluding hydrogens is 220 g/mol. The van der Waals surface area contributed by atoms with Crippen LogP contribution in [-0.4, -0.2) is 29.6 Å². The lowest BCUT2D eigenvalue weighted by Gasteiger charge is -2.12. The lowest BCUT2D eigenvalue weighted by Crippen LogP contribution is -2.20. The van der Waals surface area contributed by atoms with E-state index in [4.69, 9.17) is 0 Å². The summed E-state index contributed by atoms with van der Waals surface area (Å²) in [5.41, 5.74) is 2.87. The van der Waals surface area contributed by atoms with E-state index >= 15 is 0 Å². The minimum Gasteiger partial charge on any atom is -0.347 e. The second-order valence-corrected chi connectivity index (χ2v) is 5.01. The summed E-state index contributed by atoms with van der Waals surface area (Å²) in [4.78, 5) is 2.37. The monoisotopic (exact) mass is 244 g/mol. The summed E-state index contributed by atoms with van der Waals surface area (Å²) in [6.45, 7) is 7.81. The van der Waals surface area contributed by atoms with Gasteiger partial charge in [-0.1, -0.05) is 32.0 Å². The van der Waals surface area contributed by atoms with Crippen molar-refractivity contribution in [3.8, 4) is 0 Å². The van der Waals surface area contributed by atoms with Gasteiger partial charge in [0.05, 0.1) is 0 Å². The predicted molar refractivity (Wildman–Crippen MR) is 79.1 cm³/mol. The molecule has 2 rings (SSSR count). The number of likely N-dealkylation sites (N-methyl/N-ethyl adjacent to an activating group) is 1. The largest absolute Gasteiger partial charge is 0.347 e. The number of benzene rings is 1. The highest BCUT2D eigenvalue weighted by atomic mass is 15.1. The average Bonchev–Trinajstić information content (AvgIpc) is 2.75. The number of aromatic nitrogens is 1. The van der Waals surface area contributed by atoms with Crippen molar-refractivity contribution in [2.75, 3.05) is 20.1 Å². The molecule has 2 aromatic rings. The van der Waals surface area contributed by atoms with Crippen molar-refractivity contribution >= 4 is 10.9 Å². The predicted octanol–water partition coefficient (Wildman–Crippen LogP) is 3.55. The van der Waals surface area contributed by atoms with Crippen LogP contribution in [-0.2, 0) is 13.0 Å². The quantitative estimate of drug-likeness (QED) is 0.754. The van der Waals surface area contributed by atoms with Gasteiger partial charge in [-0.2, -0.15) is 0 Å². The topological polar surface area (TPSA) is 8.17 Å². The fourth-order valence-corrected chi connectivity index (χ4v) is 2.42. The van der Waals surface area contributed by atoms with Gasteiger partial charge >= 0.3 is 0 Å². The minimum atomic E-state index is 1.12. The van der Waals surface area contributed by atoms with Crippen molar-refractivity contribution in [3.05, 3.63) is 36.0 Å². The van der Waals surface area contributed by atoms with Gasteiger partial charge in [0.1, 0.15) is 0 Å². The highest BCUT2D eigenvalue weighted by Crippen LogP contribution is 2.22. The molecule has 0 spiro atoms. The molecule has 18 heavy (non-hydrogen) atoms. The van der Waals surface area contributed by atoms with E-state index in [1.54, 1.807) is 0 Å². The third kappa shape index (κ3) is 2.75. The summed E-state index contributed by atoms with van der Waals surface area (Å²) in [5, 5.41) is 1.43. The van der Waals surface area contributed by atoms with Crippen molar-refractivity contribution in [2.45, 2.75) is 33.2 Å². The minimum absolute atomic E-state index is 1.12. The zero-order valence-electron chi connectivity index (χ0n) is 11.8. The second-order valence-electron chi connectivity index (χ2n) is 5.01. The van der Waals surface area contributed by atoms with Crippen LogP contribution >= 0.6 is 0 Å². The van der Waals surface area contributed by atoms with Crippen LogP contribution in [0.1, 0.15) is 25.8 Å². The fraction of sp³-hybridized carbons (Fsp3) is 0.500. The van der Waals surface area contributed by atoms with Gasteiger partial charge in [-0.05, 0) is 38.1 Å². The molecule has 1 aromatic carbocycles. The highest BCUT2D eigenvalue weighted by molar-refractivity contribution is 5.84. The van der Waals surface area contributed by atoms with Gasteiger partial charge in [0.2, 0.25) is 0 Å². The summed E-state index contributed by atoms with van der Waals surface area (Å²) in [5.74, 6) is 0. The van der Waals surface area contributed by atoms with Crippen LogP contribution in [0, 0.1) is 0 Å². The van der Waals surface area contributed by atoms with Crippen LogP contribution in [0.15, 0.2) is 30.5 Å². The maximum Gasteiger partial charge on any atom is 0.0483 e. The van der Waals surface area contributed by atoms with E-state index < -0.39 is 0 Å². The molecule has 0 aliphatic rings. The van der Waals surface area contributed by atoms with Gasteiger partial charge in [0, 0.05) is 30.2 Å². The molecule has 0 saturated heterocycles. The Balaban J connectivity index is 2.26. The molecule has 0 radical (unpaired) electrons. The molecule has 98 valence electrons. The van der Waals surface area contributed by atoms with Crippen LogP contribution in [0.3, 0.4) is 0 Å². The molecular formula is C16H24N2. The number of fused-ring (bicyclic) bond motifs is 1. The van der Waals surface area contributed by atoms with Gasteiger partial charge < -0.3 is 9.47 Å². The number of nitrogens with zero attached hydrogens (tertiary/aromatic N) is 2. The summed E-state index contributed by atoms with van der Waals surface area (Å²) in [6.07, 6.45) is 4.67. The Kier molecular flexibility index (Phi) is 4.43. The molecule has 0 bridgehead atoms. The van der Waals surface area contributed by atoms with Crippen molar-refractivity contribution in [2.24, 2.45) is 0 Å². The van der Waals surface area contributed by atoms with E-state index in [1.165, 1.54) is 22.9 Å². The van der Waals surface area contributed by atoms with E-state index in [1.807, 2.05) is 0 Å². The number of aryl methyl sites for hydroxylation is 1. The van der Waals surface area contributed by atoms with Crippen molar-refractivity contribution < 1.29 is 0 Å². The Labute approximate surface area is 110 Å². The van der Waals surface area contributed by atoms with Crippen LogP contribution in [0.4, 0.5) is 0 Å². The van der Waals surface area contributed by atoms with E-state index in [9.17, 15) is 0 Å². The second kappa shape index (κ2) is 6.05. The molecule has 0 fully saturated rings. The normalized spacial score (nSPS) is 11.6. The smallest absolute Gasteiger partial charge is 0.0483 e. The first kappa shape index (κ1) is 13.2. The van der Waals surface area contributed by atoms with Crippen LogP contribution in [0.5, 0.6) is 0 Å². The van der Waals surface area contributed by atoms with Gasteiger partial charge in [0.25, 0.3) is 0 Å². The van der Waals surface area contributed by atoms with E-state index in [0.29, 0.717) is 0 Å². The Morgan fingerprint density at radius 2 is 1.94 bits per heavy atom. The fourth-order valence-electron chi connectivity index (χ4n) is 2.42. The third-order valence-corrected chi connectivity index (χ3v) is 3.64. The van der Waals surface area contributed by atoms with E-state index in [2.05, 4.69) is 60.8 Å². The third-order valence-electron chi connectivity index (χ3n) is 3.64. The van der Waals surface area contributed by atoms with Gasteiger partial charge in [-0.15, -0.1) is 0 Å². The lowest BCUT2D eigenvalue weighted by atomic mass is 10.1. The molecule has 1 heterocycles. The molecule has 2 nitrogen and oxygen atoms in total. The Bertz CT molecular complexity index is 499. The molecule has 0 N–H and O–H groups in total. The SMILES string of the molecule is CCCn1cc(CCN(C)CC)c2ccccc21. The van der Waals surface area contributed by atoms with E-state index in [0.717, 1.165) is 26.1 Å². The van der Waals surface area contributed by atoms with E-state index in [-0.39, 0.29) is 0 Å². The van der Waals surface area contributed by atoms with Crippen molar-refractivity contribution in [1.29, 1.82) is 0 Å². The number of hydrogen-bond acceptors (Lipinski definition) is 1. The van der Waals surface area contributed by atoms with Crippen LogP contribution < -0.4 is 0 Å². The molecule has 0 aliphatic carbocycles. The standard InChI is InChI=1S/C16H24N2/c1-4-11-18-13-14(10-12-17(3)5-2)15-8-6-7-9-16(15)18/h6-9,13H,4-5,10-12H2,1-3H3.